The number of likely N-dealkylation sites (N-methyl/N-ethyl adjacent to an activating group) is 1. The van der Waals surface area contributed by atoms with Gasteiger partial charge in [-0.05, 0) is 32.9 Å². The summed E-state index contributed by atoms with van der Waals surface area (Å²) in [6.07, 6.45) is 3.49. The molecule has 0 bridgehead atoms. The molecule has 0 aromatic heterocycles. The first-order valence-corrected chi connectivity index (χ1v) is 9.26. The Labute approximate surface area is 123 Å². The molecule has 1 unspecified atom stereocenters. The van der Waals surface area contributed by atoms with Crippen molar-refractivity contribution in [2.24, 2.45) is 5.92 Å². The predicted octanol–water partition coefficient (Wildman–Crippen LogP) is 2.29. The van der Waals surface area contributed by atoms with Gasteiger partial charge in [-0.3, -0.25) is 0 Å². The van der Waals surface area contributed by atoms with Gasteiger partial charge in [0.1, 0.15) is 0 Å². The Morgan fingerprint density at radius 2 is 1.74 bits per heavy atom. The van der Waals surface area contributed by atoms with Crippen molar-refractivity contribution < 1.29 is 8.42 Å². The summed E-state index contributed by atoms with van der Waals surface area (Å²) < 4.78 is 26.5. The Morgan fingerprint density at radius 1 is 1.16 bits per heavy atom. The summed E-state index contributed by atoms with van der Waals surface area (Å²) in [4.78, 5) is 2.11. The number of nitrogens with zero attached hydrogens (tertiary/aromatic N) is 1. The third-order valence-electron chi connectivity index (χ3n) is 3.57. The van der Waals surface area contributed by atoms with Gasteiger partial charge in [-0.25, -0.2) is 13.1 Å². The molecule has 6 heteroatoms. The van der Waals surface area contributed by atoms with Crippen LogP contribution < -0.4 is 4.72 Å². The number of sulfonamides is 1. The highest BCUT2D eigenvalue weighted by Gasteiger charge is 2.22. The second kappa shape index (κ2) is 9.97. The average Bonchev–Trinajstić information content (AvgIpc) is 2.34. The fourth-order valence-electron chi connectivity index (χ4n) is 2.27. The van der Waals surface area contributed by atoms with E-state index in [4.69, 9.17) is 11.6 Å². The zero-order valence-electron chi connectivity index (χ0n) is 12.7. The zero-order chi connectivity index (χ0) is 14.9. The van der Waals surface area contributed by atoms with E-state index in [1.807, 2.05) is 14.1 Å². The Hall–Kier alpha value is 0.160. The van der Waals surface area contributed by atoms with Crippen LogP contribution in [0.4, 0.5) is 0 Å². The van der Waals surface area contributed by atoms with Crippen molar-refractivity contribution in [1.29, 1.82) is 0 Å². The second-order valence-corrected chi connectivity index (χ2v) is 7.48. The van der Waals surface area contributed by atoms with Gasteiger partial charge in [-0.2, -0.15) is 0 Å². The molecule has 0 fully saturated rings. The Bertz CT molecular complexity index is 317. The van der Waals surface area contributed by atoms with E-state index in [0.29, 0.717) is 24.8 Å². The van der Waals surface area contributed by atoms with E-state index in [0.717, 1.165) is 19.3 Å². The minimum Gasteiger partial charge on any atom is -0.305 e. The molecule has 0 aromatic carbocycles. The van der Waals surface area contributed by atoms with E-state index >= 15 is 0 Å². The molecule has 116 valence electrons. The molecule has 1 atom stereocenters. The van der Waals surface area contributed by atoms with Gasteiger partial charge in [-0.1, -0.05) is 26.7 Å². The SMILES string of the molecule is CCC(CC)C(CNS(=O)(=O)CCCCCl)N(C)C. The lowest BCUT2D eigenvalue weighted by molar-refractivity contribution is 0.201. The Kier molecular flexibility index (Phi) is 10.1. The quantitative estimate of drug-likeness (QED) is 0.470. The summed E-state index contributed by atoms with van der Waals surface area (Å²) in [6, 6.07) is 0.248. The molecule has 0 saturated heterocycles. The van der Waals surface area contributed by atoms with E-state index < -0.39 is 10.0 Å². The maximum atomic E-state index is 11.9. The molecule has 0 heterocycles. The summed E-state index contributed by atoms with van der Waals surface area (Å²) in [5, 5.41) is 0. The molecule has 0 amide bonds. The summed E-state index contributed by atoms with van der Waals surface area (Å²) >= 11 is 5.56. The average molecular weight is 313 g/mol. The highest BCUT2D eigenvalue weighted by atomic mass is 35.5. The second-order valence-electron chi connectivity index (χ2n) is 5.17. The van der Waals surface area contributed by atoms with Crippen LogP contribution in [0.5, 0.6) is 0 Å². The molecule has 0 aromatic rings. The predicted molar refractivity (Wildman–Crippen MR) is 83.3 cm³/mol. The smallest absolute Gasteiger partial charge is 0.211 e. The van der Waals surface area contributed by atoms with Crippen molar-refractivity contribution in [2.75, 3.05) is 32.3 Å². The molecule has 0 spiro atoms. The maximum absolute atomic E-state index is 11.9. The summed E-state index contributed by atoms with van der Waals surface area (Å²) in [6.45, 7) is 4.79. The van der Waals surface area contributed by atoms with Crippen LogP contribution in [0.15, 0.2) is 0 Å². The molecular formula is C13H29ClN2O2S. The van der Waals surface area contributed by atoms with E-state index in [9.17, 15) is 8.42 Å². The highest BCUT2D eigenvalue weighted by molar-refractivity contribution is 7.89. The molecule has 0 radical (unpaired) electrons. The van der Waals surface area contributed by atoms with E-state index in [2.05, 4.69) is 23.5 Å². The number of rotatable bonds is 11. The lowest BCUT2D eigenvalue weighted by Crippen LogP contribution is -2.45. The molecule has 0 aliphatic heterocycles. The van der Waals surface area contributed by atoms with E-state index in [1.165, 1.54) is 0 Å². The van der Waals surface area contributed by atoms with Crippen LogP contribution in [-0.2, 0) is 10.0 Å². The molecule has 1 N–H and O–H groups in total. The summed E-state index contributed by atoms with van der Waals surface area (Å²) in [5.74, 6) is 1.20. The first-order chi connectivity index (χ1) is 8.87. The number of hydrogen-bond acceptors (Lipinski definition) is 3. The highest BCUT2D eigenvalue weighted by Crippen LogP contribution is 2.16. The molecule has 0 saturated carbocycles. The lowest BCUT2D eigenvalue weighted by Gasteiger charge is -2.31. The monoisotopic (exact) mass is 312 g/mol. The zero-order valence-corrected chi connectivity index (χ0v) is 14.2. The first kappa shape index (κ1) is 19.2. The van der Waals surface area contributed by atoms with Crippen LogP contribution in [0.1, 0.15) is 39.5 Å². The summed E-state index contributed by atoms with van der Waals surface area (Å²) in [7, 11) is 0.842. The van der Waals surface area contributed by atoms with Crippen molar-refractivity contribution in [2.45, 2.75) is 45.6 Å². The Balaban J connectivity index is 4.38. The fraction of sp³-hybridized carbons (Fsp3) is 1.00. The van der Waals surface area contributed by atoms with Crippen molar-refractivity contribution in [3.8, 4) is 0 Å². The van der Waals surface area contributed by atoms with Crippen LogP contribution in [0.3, 0.4) is 0 Å². The van der Waals surface area contributed by atoms with Crippen LogP contribution in [0, 0.1) is 5.92 Å². The van der Waals surface area contributed by atoms with Crippen molar-refractivity contribution >= 4 is 21.6 Å². The molecular weight excluding hydrogens is 284 g/mol. The van der Waals surface area contributed by atoms with Crippen molar-refractivity contribution in [3.05, 3.63) is 0 Å². The standard InChI is InChI=1S/C13H29ClN2O2S/c1-5-12(6-2)13(16(3)4)11-15-19(17,18)10-8-7-9-14/h12-13,15H,5-11H2,1-4H3. The van der Waals surface area contributed by atoms with E-state index in [-0.39, 0.29) is 11.8 Å². The van der Waals surface area contributed by atoms with Crippen LogP contribution in [0.2, 0.25) is 0 Å². The molecule has 0 aliphatic carbocycles. The maximum Gasteiger partial charge on any atom is 0.211 e. The Morgan fingerprint density at radius 3 is 2.16 bits per heavy atom. The minimum absolute atomic E-state index is 0.169. The van der Waals surface area contributed by atoms with Crippen LogP contribution in [-0.4, -0.2) is 51.6 Å². The molecule has 4 nitrogen and oxygen atoms in total. The number of unbranched alkanes of at least 4 members (excludes halogenated alkanes) is 1. The van der Waals surface area contributed by atoms with Crippen molar-refractivity contribution in [1.82, 2.24) is 9.62 Å². The number of hydrogen-bond donors (Lipinski definition) is 1. The van der Waals surface area contributed by atoms with Gasteiger partial charge in [-0.15, -0.1) is 11.6 Å². The largest absolute Gasteiger partial charge is 0.305 e. The molecule has 19 heavy (non-hydrogen) atoms. The third-order valence-corrected chi connectivity index (χ3v) is 5.27. The molecule has 0 aliphatic rings. The van der Waals surface area contributed by atoms with Gasteiger partial charge in [0.15, 0.2) is 0 Å². The number of halogens is 1. The third kappa shape index (κ3) is 8.12. The van der Waals surface area contributed by atoms with Gasteiger partial charge in [0.2, 0.25) is 10.0 Å². The van der Waals surface area contributed by atoms with Crippen LogP contribution >= 0.6 is 11.6 Å². The van der Waals surface area contributed by atoms with Gasteiger partial charge in [0, 0.05) is 18.5 Å². The topological polar surface area (TPSA) is 49.4 Å². The van der Waals surface area contributed by atoms with E-state index in [1.54, 1.807) is 0 Å². The van der Waals surface area contributed by atoms with Crippen molar-refractivity contribution in [3.63, 3.8) is 0 Å². The van der Waals surface area contributed by atoms with Gasteiger partial charge in [0.05, 0.1) is 5.75 Å². The molecule has 0 rings (SSSR count). The lowest BCUT2D eigenvalue weighted by atomic mass is 9.93. The first-order valence-electron chi connectivity index (χ1n) is 7.07. The summed E-state index contributed by atoms with van der Waals surface area (Å²) in [5.41, 5.74) is 0. The fourth-order valence-corrected chi connectivity index (χ4v) is 3.62. The minimum atomic E-state index is -3.17. The number of nitrogens with one attached hydrogen (secondary N) is 1. The van der Waals surface area contributed by atoms with Gasteiger partial charge >= 0.3 is 0 Å². The normalized spacial score (nSPS) is 14.3. The number of alkyl halides is 1. The van der Waals surface area contributed by atoms with Gasteiger partial charge in [0.25, 0.3) is 0 Å². The van der Waals surface area contributed by atoms with Crippen LogP contribution in [0.25, 0.3) is 0 Å². The van der Waals surface area contributed by atoms with Gasteiger partial charge < -0.3 is 4.90 Å².